The summed E-state index contributed by atoms with van der Waals surface area (Å²) < 4.78 is 12.3. The number of thiophene rings is 1. The highest BCUT2D eigenvalue weighted by Crippen LogP contribution is 2.46. The van der Waals surface area contributed by atoms with E-state index in [1.807, 2.05) is 6.07 Å². The Hall–Kier alpha value is -2.63. The van der Waals surface area contributed by atoms with Gasteiger partial charge in [0.15, 0.2) is 0 Å². The highest BCUT2D eigenvalue weighted by atomic mass is 32.1. The van der Waals surface area contributed by atoms with Crippen molar-refractivity contribution in [1.29, 1.82) is 0 Å². The van der Waals surface area contributed by atoms with Crippen molar-refractivity contribution in [3.63, 3.8) is 0 Å². The Labute approximate surface area is 193 Å². The van der Waals surface area contributed by atoms with Gasteiger partial charge in [-0.15, -0.1) is 11.3 Å². The van der Waals surface area contributed by atoms with E-state index in [2.05, 4.69) is 59.7 Å². The van der Waals surface area contributed by atoms with E-state index in [4.69, 9.17) is 9.47 Å². The average Bonchev–Trinajstić information content (AvgIpc) is 3.38. The molecule has 1 spiro atoms. The molecule has 2 aliphatic rings. The van der Waals surface area contributed by atoms with Crippen LogP contribution in [0.25, 0.3) is 11.1 Å². The van der Waals surface area contributed by atoms with E-state index in [1.165, 1.54) is 27.1 Å². The molecule has 0 unspecified atom stereocenters. The standard InChI is InChI=1S/C27H29NO3S/c1-20-23(21-6-3-2-4-7-21)18-32-26(20)17-30-22-8-9-24-25(16-22)31-19-27(24)10-13-28(14-11-27)12-5-15-29/h2-4,6-9,15-16,18H,5,10-14,17,19H2,1H3. The minimum atomic E-state index is 0.112. The SMILES string of the molecule is Cc1c(-c2ccccc2)csc1COc1ccc2c(c1)OCC21CCN(CCC=O)CC1. The first kappa shape index (κ1) is 21.2. The van der Waals surface area contributed by atoms with Crippen molar-refractivity contribution in [3.8, 4) is 22.6 Å². The zero-order valence-corrected chi connectivity index (χ0v) is 19.3. The summed E-state index contributed by atoms with van der Waals surface area (Å²) in [5, 5.41) is 2.22. The van der Waals surface area contributed by atoms with Crippen molar-refractivity contribution in [2.45, 2.75) is 38.2 Å². The third kappa shape index (κ3) is 4.07. The van der Waals surface area contributed by atoms with Crippen LogP contribution in [0.5, 0.6) is 11.5 Å². The lowest BCUT2D eigenvalue weighted by atomic mass is 9.74. The van der Waals surface area contributed by atoms with Crippen LogP contribution in [-0.4, -0.2) is 37.4 Å². The summed E-state index contributed by atoms with van der Waals surface area (Å²) in [6.07, 6.45) is 3.79. The lowest BCUT2D eigenvalue weighted by molar-refractivity contribution is -0.108. The Balaban J connectivity index is 1.24. The van der Waals surface area contributed by atoms with E-state index in [0.29, 0.717) is 13.0 Å². The van der Waals surface area contributed by atoms with Crippen molar-refractivity contribution in [3.05, 3.63) is 69.9 Å². The summed E-state index contributed by atoms with van der Waals surface area (Å²) in [5.41, 5.74) is 5.26. The van der Waals surface area contributed by atoms with Gasteiger partial charge in [0, 0.05) is 34.9 Å². The second-order valence-corrected chi connectivity index (χ2v) is 9.84. The zero-order chi connectivity index (χ0) is 22.0. The lowest BCUT2D eigenvalue weighted by Gasteiger charge is -2.38. The summed E-state index contributed by atoms with van der Waals surface area (Å²) in [6.45, 7) is 6.41. The molecule has 2 aliphatic heterocycles. The molecule has 0 saturated carbocycles. The highest BCUT2D eigenvalue weighted by Gasteiger charge is 2.43. The Bertz CT molecular complexity index is 1080. The first-order valence-corrected chi connectivity index (χ1v) is 12.2. The fourth-order valence-electron chi connectivity index (χ4n) is 4.95. The second kappa shape index (κ2) is 9.08. The van der Waals surface area contributed by atoms with Gasteiger partial charge in [-0.3, -0.25) is 0 Å². The Morgan fingerprint density at radius 2 is 1.97 bits per heavy atom. The van der Waals surface area contributed by atoms with Crippen LogP contribution in [0.2, 0.25) is 0 Å². The summed E-state index contributed by atoms with van der Waals surface area (Å²) in [4.78, 5) is 14.3. The van der Waals surface area contributed by atoms with Crippen LogP contribution in [0.15, 0.2) is 53.9 Å². The second-order valence-electron chi connectivity index (χ2n) is 8.88. The van der Waals surface area contributed by atoms with Gasteiger partial charge in [-0.25, -0.2) is 0 Å². The molecule has 3 aromatic rings. The fraction of sp³-hybridized carbons (Fsp3) is 0.370. The maximum atomic E-state index is 10.7. The van der Waals surface area contributed by atoms with Gasteiger partial charge in [-0.05, 0) is 61.0 Å². The predicted octanol–water partition coefficient (Wildman–Crippen LogP) is 5.62. The molecule has 5 heteroatoms. The number of hydrogen-bond donors (Lipinski definition) is 0. The number of nitrogens with zero attached hydrogens (tertiary/aromatic N) is 1. The average molecular weight is 448 g/mol. The van der Waals surface area contributed by atoms with Crippen LogP contribution in [-0.2, 0) is 16.8 Å². The van der Waals surface area contributed by atoms with Crippen LogP contribution >= 0.6 is 11.3 Å². The third-order valence-corrected chi connectivity index (χ3v) is 8.06. The largest absolute Gasteiger partial charge is 0.492 e. The fourth-order valence-corrected chi connectivity index (χ4v) is 5.93. The molecule has 1 saturated heterocycles. The number of fused-ring (bicyclic) bond motifs is 2. The maximum absolute atomic E-state index is 10.7. The molecule has 0 N–H and O–H groups in total. The molecule has 166 valence electrons. The van der Waals surface area contributed by atoms with Crippen molar-refractivity contribution in [2.24, 2.45) is 0 Å². The van der Waals surface area contributed by atoms with Gasteiger partial charge >= 0.3 is 0 Å². The smallest absolute Gasteiger partial charge is 0.126 e. The van der Waals surface area contributed by atoms with Crippen molar-refractivity contribution in [2.75, 3.05) is 26.2 Å². The zero-order valence-electron chi connectivity index (χ0n) is 18.5. The molecular weight excluding hydrogens is 418 g/mol. The first-order valence-electron chi connectivity index (χ1n) is 11.4. The Kier molecular flexibility index (Phi) is 6.03. The van der Waals surface area contributed by atoms with Gasteiger partial charge < -0.3 is 19.2 Å². The van der Waals surface area contributed by atoms with Gasteiger partial charge in [0.05, 0.1) is 6.61 Å². The molecule has 3 heterocycles. The number of benzene rings is 2. The molecule has 0 radical (unpaired) electrons. The Morgan fingerprint density at radius 1 is 1.16 bits per heavy atom. The van der Waals surface area contributed by atoms with Crippen LogP contribution in [0.4, 0.5) is 0 Å². The topological polar surface area (TPSA) is 38.8 Å². The molecule has 0 aliphatic carbocycles. The molecule has 0 amide bonds. The maximum Gasteiger partial charge on any atom is 0.126 e. The van der Waals surface area contributed by atoms with E-state index in [0.717, 1.165) is 56.9 Å². The van der Waals surface area contributed by atoms with Crippen LogP contribution in [0, 0.1) is 6.92 Å². The van der Waals surface area contributed by atoms with Crippen molar-refractivity contribution >= 4 is 17.6 Å². The lowest BCUT2D eigenvalue weighted by Crippen LogP contribution is -2.43. The minimum absolute atomic E-state index is 0.112. The number of rotatable bonds is 7. The molecule has 2 aromatic carbocycles. The van der Waals surface area contributed by atoms with E-state index in [9.17, 15) is 4.79 Å². The number of carbonyl (C=O) groups is 1. The molecule has 32 heavy (non-hydrogen) atoms. The van der Waals surface area contributed by atoms with E-state index in [1.54, 1.807) is 11.3 Å². The molecule has 0 atom stereocenters. The predicted molar refractivity (Wildman–Crippen MR) is 129 cm³/mol. The highest BCUT2D eigenvalue weighted by molar-refractivity contribution is 7.10. The number of ether oxygens (including phenoxy) is 2. The van der Waals surface area contributed by atoms with Crippen LogP contribution < -0.4 is 9.47 Å². The molecule has 1 aromatic heterocycles. The van der Waals surface area contributed by atoms with Gasteiger partial charge in [0.2, 0.25) is 0 Å². The molecule has 4 nitrogen and oxygen atoms in total. The summed E-state index contributed by atoms with van der Waals surface area (Å²) in [6, 6.07) is 16.9. The molecule has 0 bridgehead atoms. The first-order chi connectivity index (χ1) is 15.7. The number of carbonyl (C=O) groups excluding carboxylic acids is 1. The van der Waals surface area contributed by atoms with Crippen LogP contribution in [0.1, 0.15) is 35.3 Å². The van der Waals surface area contributed by atoms with Crippen molar-refractivity contribution in [1.82, 2.24) is 4.90 Å². The van der Waals surface area contributed by atoms with Crippen LogP contribution in [0.3, 0.4) is 0 Å². The minimum Gasteiger partial charge on any atom is -0.492 e. The number of aldehydes is 1. The number of piperidine rings is 1. The van der Waals surface area contributed by atoms with E-state index in [-0.39, 0.29) is 5.41 Å². The van der Waals surface area contributed by atoms with E-state index >= 15 is 0 Å². The van der Waals surface area contributed by atoms with Gasteiger partial charge in [0.1, 0.15) is 24.4 Å². The number of likely N-dealkylation sites (tertiary alicyclic amines) is 1. The van der Waals surface area contributed by atoms with Gasteiger partial charge in [-0.1, -0.05) is 36.4 Å². The van der Waals surface area contributed by atoms with Crippen molar-refractivity contribution < 1.29 is 14.3 Å². The van der Waals surface area contributed by atoms with E-state index < -0.39 is 0 Å². The van der Waals surface area contributed by atoms with Gasteiger partial charge in [-0.2, -0.15) is 0 Å². The summed E-state index contributed by atoms with van der Waals surface area (Å²) >= 11 is 1.76. The Morgan fingerprint density at radius 3 is 2.75 bits per heavy atom. The molecule has 1 fully saturated rings. The third-order valence-electron chi connectivity index (χ3n) is 7.00. The normalized spacial score (nSPS) is 17.2. The monoisotopic (exact) mass is 447 g/mol. The molecule has 5 rings (SSSR count). The quantitative estimate of drug-likeness (QED) is 0.441. The van der Waals surface area contributed by atoms with Gasteiger partial charge in [0.25, 0.3) is 0 Å². The molecular formula is C27H29NO3S. The summed E-state index contributed by atoms with van der Waals surface area (Å²) in [7, 11) is 0. The summed E-state index contributed by atoms with van der Waals surface area (Å²) in [5.74, 6) is 1.83. The number of hydrogen-bond acceptors (Lipinski definition) is 5.